The molecule has 90 valence electrons. The molecule has 0 N–H and O–H groups in total. The fourth-order valence-corrected chi connectivity index (χ4v) is 2.12. The minimum absolute atomic E-state index is 0.296. The highest BCUT2D eigenvalue weighted by Gasteiger charge is 2.58. The molecule has 2 aliphatic rings. The quantitative estimate of drug-likeness (QED) is 0.585. The highest BCUT2D eigenvalue weighted by molar-refractivity contribution is 5.90. The topological polar surface area (TPSA) is 55.8 Å². The number of hydrogen-bond donors (Lipinski definition) is 0. The van der Waals surface area contributed by atoms with Crippen molar-refractivity contribution in [2.75, 3.05) is 13.2 Å². The maximum Gasteiger partial charge on any atom is 0.411 e. The standard InChI is InChI=1S/C11H17NO4/c1-10(2,3)16-9(14)12-6-4-5-11(12)7-15-8(11)13/h4-7H2,1-3H3/t11-/m1/s1. The number of hydrogen-bond acceptors (Lipinski definition) is 4. The Morgan fingerprint density at radius 2 is 2.19 bits per heavy atom. The molecular formula is C11H17NO4. The minimum Gasteiger partial charge on any atom is -0.461 e. The molecule has 0 aromatic carbocycles. The maximum absolute atomic E-state index is 11.9. The van der Waals surface area contributed by atoms with Crippen molar-refractivity contribution >= 4 is 12.1 Å². The predicted octanol–water partition coefficient (Wildman–Crippen LogP) is 1.31. The van der Waals surface area contributed by atoms with E-state index >= 15 is 0 Å². The van der Waals surface area contributed by atoms with Crippen LogP contribution in [0.1, 0.15) is 33.6 Å². The van der Waals surface area contributed by atoms with Crippen LogP contribution in [0.3, 0.4) is 0 Å². The summed E-state index contributed by atoms with van der Waals surface area (Å²) in [7, 11) is 0. The Morgan fingerprint density at radius 3 is 2.62 bits per heavy atom. The minimum atomic E-state index is -0.720. The first-order chi connectivity index (χ1) is 7.35. The Bertz CT molecular complexity index is 333. The van der Waals surface area contributed by atoms with Crippen LogP contribution >= 0.6 is 0 Å². The first kappa shape index (κ1) is 11.2. The lowest BCUT2D eigenvalue weighted by atomic mass is 9.93. The van der Waals surface area contributed by atoms with E-state index in [1.165, 1.54) is 4.90 Å². The largest absolute Gasteiger partial charge is 0.461 e. The summed E-state index contributed by atoms with van der Waals surface area (Å²) in [5, 5.41) is 0. The first-order valence-electron chi connectivity index (χ1n) is 5.53. The molecule has 0 bridgehead atoms. The van der Waals surface area contributed by atoms with Gasteiger partial charge in [-0.25, -0.2) is 9.59 Å². The van der Waals surface area contributed by atoms with Gasteiger partial charge in [0.05, 0.1) is 0 Å². The second-order valence-corrected chi connectivity index (χ2v) is 5.34. The molecule has 2 aliphatic heterocycles. The summed E-state index contributed by atoms with van der Waals surface area (Å²) in [5.74, 6) is -0.296. The van der Waals surface area contributed by atoms with Crippen LogP contribution in [-0.2, 0) is 14.3 Å². The van der Waals surface area contributed by atoms with Crippen molar-refractivity contribution in [1.29, 1.82) is 0 Å². The van der Waals surface area contributed by atoms with Gasteiger partial charge < -0.3 is 9.47 Å². The molecule has 5 nitrogen and oxygen atoms in total. The lowest BCUT2D eigenvalue weighted by Gasteiger charge is -2.42. The van der Waals surface area contributed by atoms with Crippen molar-refractivity contribution in [1.82, 2.24) is 4.90 Å². The zero-order valence-corrected chi connectivity index (χ0v) is 9.91. The summed E-state index contributed by atoms with van der Waals surface area (Å²) < 4.78 is 10.1. The molecule has 1 amide bonds. The van der Waals surface area contributed by atoms with Gasteiger partial charge in [-0.05, 0) is 33.6 Å². The highest BCUT2D eigenvalue weighted by atomic mass is 16.6. The van der Waals surface area contributed by atoms with Gasteiger partial charge in [0, 0.05) is 6.54 Å². The van der Waals surface area contributed by atoms with E-state index < -0.39 is 17.2 Å². The second-order valence-electron chi connectivity index (χ2n) is 5.34. The number of likely N-dealkylation sites (tertiary alicyclic amines) is 1. The van der Waals surface area contributed by atoms with Gasteiger partial charge in [-0.2, -0.15) is 0 Å². The number of carbonyl (C=O) groups excluding carboxylic acids is 2. The average Bonchev–Trinajstić information content (AvgIpc) is 2.59. The molecular weight excluding hydrogens is 210 g/mol. The van der Waals surface area contributed by atoms with Gasteiger partial charge in [-0.3, -0.25) is 4.90 Å². The van der Waals surface area contributed by atoms with E-state index in [1.807, 2.05) is 20.8 Å². The smallest absolute Gasteiger partial charge is 0.411 e. The van der Waals surface area contributed by atoms with Crippen LogP contribution in [-0.4, -0.2) is 41.3 Å². The first-order valence-corrected chi connectivity index (χ1v) is 5.53. The van der Waals surface area contributed by atoms with Gasteiger partial charge in [0.2, 0.25) is 0 Å². The van der Waals surface area contributed by atoms with E-state index in [0.717, 1.165) is 6.42 Å². The molecule has 0 aromatic heterocycles. The molecule has 1 atom stereocenters. The number of ether oxygens (including phenoxy) is 2. The lowest BCUT2D eigenvalue weighted by molar-refractivity contribution is -0.184. The lowest BCUT2D eigenvalue weighted by Crippen LogP contribution is -2.64. The van der Waals surface area contributed by atoms with E-state index in [2.05, 4.69) is 0 Å². The van der Waals surface area contributed by atoms with E-state index in [9.17, 15) is 9.59 Å². The van der Waals surface area contributed by atoms with Gasteiger partial charge in [-0.15, -0.1) is 0 Å². The monoisotopic (exact) mass is 227 g/mol. The van der Waals surface area contributed by atoms with E-state index in [4.69, 9.17) is 9.47 Å². The molecule has 2 heterocycles. The van der Waals surface area contributed by atoms with Crippen LogP contribution in [0.15, 0.2) is 0 Å². The molecule has 1 spiro atoms. The Balaban J connectivity index is 2.09. The van der Waals surface area contributed by atoms with Crippen molar-refractivity contribution in [3.8, 4) is 0 Å². The van der Waals surface area contributed by atoms with Crippen molar-refractivity contribution < 1.29 is 19.1 Å². The Hall–Kier alpha value is -1.26. The van der Waals surface area contributed by atoms with Gasteiger partial charge in [0.15, 0.2) is 5.54 Å². The van der Waals surface area contributed by atoms with Crippen molar-refractivity contribution in [3.63, 3.8) is 0 Å². The average molecular weight is 227 g/mol. The number of amides is 1. The third-order valence-electron chi connectivity index (χ3n) is 2.92. The number of cyclic esters (lactones) is 1. The number of nitrogens with zero attached hydrogens (tertiary/aromatic N) is 1. The van der Waals surface area contributed by atoms with Gasteiger partial charge in [0.1, 0.15) is 12.2 Å². The Kier molecular flexibility index (Phi) is 2.36. The van der Waals surface area contributed by atoms with Crippen molar-refractivity contribution in [2.24, 2.45) is 0 Å². The summed E-state index contributed by atoms with van der Waals surface area (Å²) in [6, 6.07) is 0. The Morgan fingerprint density at radius 1 is 1.50 bits per heavy atom. The summed E-state index contributed by atoms with van der Waals surface area (Å²) >= 11 is 0. The van der Waals surface area contributed by atoms with Crippen LogP contribution < -0.4 is 0 Å². The zero-order valence-electron chi connectivity index (χ0n) is 9.91. The molecule has 0 unspecified atom stereocenters. The summed E-state index contributed by atoms with van der Waals surface area (Å²) in [5.41, 5.74) is -1.25. The molecule has 0 radical (unpaired) electrons. The zero-order chi connectivity index (χ0) is 12.0. The molecule has 2 rings (SSSR count). The molecule has 2 saturated heterocycles. The Labute approximate surface area is 94.7 Å². The van der Waals surface area contributed by atoms with Crippen LogP contribution in [0.5, 0.6) is 0 Å². The summed E-state index contributed by atoms with van der Waals surface area (Å²) in [6.07, 6.45) is 1.10. The van der Waals surface area contributed by atoms with Gasteiger partial charge in [0.25, 0.3) is 0 Å². The van der Waals surface area contributed by atoms with Crippen LogP contribution in [0.2, 0.25) is 0 Å². The summed E-state index contributed by atoms with van der Waals surface area (Å²) in [6.45, 7) is 6.32. The van der Waals surface area contributed by atoms with Gasteiger partial charge in [-0.1, -0.05) is 0 Å². The third-order valence-corrected chi connectivity index (χ3v) is 2.92. The van der Waals surface area contributed by atoms with E-state index in [0.29, 0.717) is 19.6 Å². The van der Waals surface area contributed by atoms with Crippen LogP contribution in [0.25, 0.3) is 0 Å². The summed E-state index contributed by atoms with van der Waals surface area (Å²) in [4.78, 5) is 24.9. The van der Waals surface area contributed by atoms with Crippen LogP contribution in [0.4, 0.5) is 4.79 Å². The number of carbonyl (C=O) groups is 2. The van der Waals surface area contributed by atoms with Crippen molar-refractivity contribution in [2.45, 2.75) is 44.8 Å². The predicted molar refractivity (Wildman–Crippen MR) is 55.9 cm³/mol. The molecule has 0 aromatic rings. The fraction of sp³-hybridized carbons (Fsp3) is 0.818. The van der Waals surface area contributed by atoms with E-state index in [-0.39, 0.29) is 5.97 Å². The van der Waals surface area contributed by atoms with Crippen molar-refractivity contribution in [3.05, 3.63) is 0 Å². The van der Waals surface area contributed by atoms with Gasteiger partial charge >= 0.3 is 12.1 Å². The fourth-order valence-electron chi connectivity index (χ4n) is 2.12. The SMILES string of the molecule is CC(C)(C)OC(=O)N1CCC[C@]12COC2=O. The third kappa shape index (κ3) is 1.64. The molecule has 5 heteroatoms. The molecule has 16 heavy (non-hydrogen) atoms. The molecule has 0 saturated carbocycles. The second kappa shape index (κ2) is 3.37. The molecule has 2 fully saturated rings. The number of esters is 1. The van der Waals surface area contributed by atoms with Crippen LogP contribution in [0, 0.1) is 0 Å². The number of rotatable bonds is 0. The normalized spacial score (nSPS) is 28.9. The highest BCUT2D eigenvalue weighted by Crippen LogP contribution is 2.37. The maximum atomic E-state index is 11.9. The molecule has 0 aliphatic carbocycles. The van der Waals surface area contributed by atoms with E-state index in [1.54, 1.807) is 0 Å².